The number of benzene rings is 1. The maximum atomic E-state index is 11.4. The van der Waals surface area contributed by atoms with Gasteiger partial charge in [-0.05, 0) is 77.7 Å². The minimum atomic E-state index is -0.487. The molecular formula is C24H30O3. The van der Waals surface area contributed by atoms with Crippen LogP contribution in [0.3, 0.4) is 0 Å². The molecule has 27 heavy (non-hydrogen) atoms. The number of fused-ring (bicyclic) bond motifs is 1. The van der Waals surface area contributed by atoms with Gasteiger partial charge in [-0.1, -0.05) is 29.9 Å². The molecule has 0 spiro atoms. The first-order valence-corrected chi connectivity index (χ1v) is 9.47. The number of rotatable bonds is 9. The van der Waals surface area contributed by atoms with Gasteiger partial charge >= 0.3 is 5.63 Å². The van der Waals surface area contributed by atoms with E-state index in [1.807, 2.05) is 25.1 Å². The molecule has 3 heteroatoms. The third kappa shape index (κ3) is 6.59. The molecule has 0 N–H and O–H groups in total. The Morgan fingerprint density at radius 1 is 1.15 bits per heavy atom. The van der Waals surface area contributed by atoms with Crippen molar-refractivity contribution in [3.8, 4) is 5.75 Å². The van der Waals surface area contributed by atoms with Crippen LogP contribution in [0.1, 0.15) is 53.4 Å². The smallest absolute Gasteiger partial charge is 0.336 e. The Kier molecular flexibility index (Phi) is 7.23. The van der Waals surface area contributed by atoms with E-state index in [4.69, 9.17) is 9.15 Å². The maximum Gasteiger partial charge on any atom is 0.336 e. The minimum absolute atomic E-state index is 0.361. The van der Waals surface area contributed by atoms with Crippen LogP contribution >= 0.6 is 0 Å². The van der Waals surface area contributed by atoms with E-state index in [1.54, 1.807) is 12.1 Å². The van der Waals surface area contributed by atoms with Crippen LogP contribution in [-0.4, -0.2) is 5.60 Å². The molecule has 1 heterocycles. The molecule has 0 aliphatic heterocycles. The van der Waals surface area contributed by atoms with Gasteiger partial charge in [0.05, 0.1) is 0 Å². The van der Waals surface area contributed by atoms with Gasteiger partial charge in [0.25, 0.3) is 0 Å². The molecule has 0 amide bonds. The summed E-state index contributed by atoms with van der Waals surface area (Å²) in [6, 6.07) is 8.72. The summed E-state index contributed by atoms with van der Waals surface area (Å²) in [5.74, 6) is 0.670. The summed E-state index contributed by atoms with van der Waals surface area (Å²) in [6.07, 6.45) is 10.3. The molecule has 0 radical (unpaired) electrons. The molecule has 2 rings (SSSR count). The highest BCUT2D eigenvalue weighted by atomic mass is 16.5. The fourth-order valence-electron chi connectivity index (χ4n) is 2.86. The Bertz CT molecular complexity index is 897. The van der Waals surface area contributed by atoms with E-state index in [9.17, 15) is 4.79 Å². The molecule has 0 aliphatic carbocycles. The highest BCUT2D eigenvalue weighted by molar-refractivity contribution is 5.77. The van der Waals surface area contributed by atoms with E-state index in [0.717, 1.165) is 31.1 Å². The predicted octanol–water partition coefficient (Wildman–Crippen LogP) is 6.59. The second-order valence-electron chi connectivity index (χ2n) is 7.48. The number of hydrogen-bond donors (Lipinski definition) is 0. The van der Waals surface area contributed by atoms with E-state index >= 15 is 0 Å². The monoisotopic (exact) mass is 366 g/mol. The Hall–Kier alpha value is -2.55. The quantitative estimate of drug-likeness (QED) is 0.371. The molecular weight excluding hydrogens is 336 g/mol. The van der Waals surface area contributed by atoms with E-state index in [2.05, 4.69) is 39.5 Å². The fourth-order valence-corrected chi connectivity index (χ4v) is 2.86. The average Bonchev–Trinajstić information content (AvgIpc) is 2.61. The molecule has 0 saturated carbocycles. The van der Waals surface area contributed by atoms with Crippen LogP contribution in [0.4, 0.5) is 0 Å². The van der Waals surface area contributed by atoms with Crippen molar-refractivity contribution in [2.45, 2.75) is 59.0 Å². The Labute approximate surface area is 162 Å². The molecule has 1 aromatic heterocycles. The summed E-state index contributed by atoms with van der Waals surface area (Å²) in [6.45, 7) is 12.4. The van der Waals surface area contributed by atoms with Crippen molar-refractivity contribution >= 4 is 11.0 Å². The van der Waals surface area contributed by atoms with E-state index in [0.29, 0.717) is 11.3 Å². The summed E-state index contributed by atoms with van der Waals surface area (Å²) < 4.78 is 11.4. The first kappa shape index (κ1) is 20.8. The summed E-state index contributed by atoms with van der Waals surface area (Å²) >= 11 is 0. The number of ether oxygens (including phenoxy) is 1. The third-order valence-electron chi connectivity index (χ3n) is 4.60. The standard InChI is InChI=1S/C24H30O3/c1-6-24(5,16-8-11-19(4)10-7-9-18(2)3)27-21-14-12-20-13-15-23(25)26-22(20)17-21/h6,9,11-15,17H,1,7-8,10,16H2,2-5H3/b19-11+. The lowest BCUT2D eigenvalue weighted by Gasteiger charge is -2.27. The molecule has 1 atom stereocenters. The highest BCUT2D eigenvalue weighted by Gasteiger charge is 2.21. The topological polar surface area (TPSA) is 39.4 Å². The van der Waals surface area contributed by atoms with Gasteiger partial charge in [-0.3, -0.25) is 0 Å². The molecule has 144 valence electrons. The molecule has 1 unspecified atom stereocenters. The zero-order valence-corrected chi connectivity index (χ0v) is 16.9. The van der Waals surface area contributed by atoms with Crippen LogP contribution in [0.25, 0.3) is 11.0 Å². The summed E-state index contributed by atoms with van der Waals surface area (Å²) in [7, 11) is 0. The largest absolute Gasteiger partial charge is 0.483 e. The van der Waals surface area contributed by atoms with Gasteiger partial charge in [0, 0.05) is 17.5 Å². The maximum absolute atomic E-state index is 11.4. The SMILES string of the molecule is C=CC(C)(CC/C=C(\C)CCC=C(C)C)Oc1ccc2ccc(=O)oc2c1. The molecule has 0 aliphatic rings. The van der Waals surface area contributed by atoms with Crippen molar-refractivity contribution in [1.82, 2.24) is 0 Å². The lowest BCUT2D eigenvalue weighted by Crippen LogP contribution is -2.29. The van der Waals surface area contributed by atoms with E-state index < -0.39 is 5.60 Å². The normalized spacial score (nSPS) is 13.9. The van der Waals surface area contributed by atoms with Crippen molar-refractivity contribution in [3.63, 3.8) is 0 Å². The van der Waals surface area contributed by atoms with Gasteiger partial charge in [0.1, 0.15) is 16.9 Å². The highest BCUT2D eigenvalue weighted by Crippen LogP contribution is 2.27. The average molecular weight is 367 g/mol. The lowest BCUT2D eigenvalue weighted by molar-refractivity contribution is 0.132. The van der Waals surface area contributed by atoms with Crippen LogP contribution in [-0.2, 0) is 0 Å². The van der Waals surface area contributed by atoms with Gasteiger partial charge < -0.3 is 9.15 Å². The predicted molar refractivity (Wildman–Crippen MR) is 113 cm³/mol. The van der Waals surface area contributed by atoms with Crippen molar-refractivity contribution < 1.29 is 9.15 Å². The van der Waals surface area contributed by atoms with E-state index in [1.165, 1.54) is 17.2 Å². The summed E-state index contributed by atoms with van der Waals surface area (Å²) in [5, 5.41) is 0.872. The fraction of sp³-hybridized carbons (Fsp3) is 0.375. The summed E-state index contributed by atoms with van der Waals surface area (Å²) in [4.78, 5) is 11.4. The zero-order chi connectivity index (χ0) is 19.9. The number of hydrogen-bond acceptors (Lipinski definition) is 3. The van der Waals surface area contributed by atoms with Crippen LogP contribution in [0.5, 0.6) is 5.75 Å². The zero-order valence-electron chi connectivity index (χ0n) is 16.9. The van der Waals surface area contributed by atoms with Crippen LogP contribution in [0.15, 0.2) is 75.5 Å². The van der Waals surface area contributed by atoms with Gasteiger partial charge in [0.15, 0.2) is 0 Å². The first-order valence-electron chi connectivity index (χ1n) is 9.47. The van der Waals surface area contributed by atoms with Gasteiger partial charge in [0.2, 0.25) is 0 Å². The molecule has 1 aromatic carbocycles. The van der Waals surface area contributed by atoms with Gasteiger partial charge in [-0.2, -0.15) is 0 Å². The van der Waals surface area contributed by atoms with Crippen molar-refractivity contribution in [3.05, 3.63) is 76.7 Å². The van der Waals surface area contributed by atoms with Crippen molar-refractivity contribution in [1.29, 1.82) is 0 Å². The molecule has 0 saturated heterocycles. The van der Waals surface area contributed by atoms with Crippen LogP contribution in [0, 0.1) is 0 Å². The van der Waals surface area contributed by atoms with Crippen LogP contribution in [0.2, 0.25) is 0 Å². The molecule has 0 fully saturated rings. The Morgan fingerprint density at radius 2 is 1.89 bits per heavy atom. The molecule has 2 aromatic rings. The van der Waals surface area contributed by atoms with E-state index in [-0.39, 0.29) is 5.63 Å². The van der Waals surface area contributed by atoms with Crippen molar-refractivity contribution in [2.24, 2.45) is 0 Å². The lowest BCUT2D eigenvalue weighted by atomic mass is 9.98. The summed E-state index contributed by atoms with van der Waals surface area (Å²) in [5.41, 5.74) is 2.44. The molecule has 0 bridgehead atoms. The third-order valence-corrected chi connectivity index (χ3v) is 4.60. The number of allylic oxidation sites excluding steroid dienone is 4. The van der Waals surface area contributed by atoms with Gasteiger partial charge in [-0.15, -0.1) is 0 Å². The Balaban J connectivity index is 2.01. The van der Waals surface area contributed by atoms with Crippen molar-refractivity contribution in [2.75, 3.05) is 0 Å². The Morgan fingerprint density at radius 3 is 2.59 bits per heavy atom. The minimum Gasteiger partial charge on any atom is -0.483 e. The first-order chi connectivity index (χ1) is 12.8. The van der Waals surface area contributed by atoms with Gasteiger partial charge in [-0.25, -0.2) is 4.79 Å². The second kappa shape index (κ2) is 9.40. The molecule has 3 nitrogen and oxygen atoms in total. The second-order valence-corrected chi connectivity index (χ2v) is 7.48. The van der Waals surface area contributed by atoms with Crippen LogP contribution < -0.4 is 10.4 Å².